The zero-order valence-corrected chi connectivity index (χ0v) is 17.7. The summed E-state index contributed by atoms with van der Waals surface area (Å²) in [7, 11) is 0. The van der Waals surface area contributed by atoms with Gasteiger partial charge in [-0.1, -0.05) is 6.07 Å². The van der Waals surface area contributed by atoms with Crippen LogP contribution in [0.5, 0.6) is 5.75 Å². The van der Waals surface area contributed by atoms with E-state index in [1.807, 2.05) is 15.5 Å². The lowest BCUT2D eigenvalue weighted by atomic mass is 9.83. The summed E-state index contributed by atoms with van der Waals surface area (Å²) in [5.74, 6) is 1.71. The van der Waals surface area contributed by atoms with Crippen molar-refractivity contribution in [1.82, 2.24) is 19.0 Å². The van der Waals surface area contributed by atoms with Gasteiger partial charge in [0.25, 0.3) is 17.0 Å². The average molecular weight is 432 g/mol. The van der Waals surface area contributed by atoms with Gasteiger partial charge in [-0.3, -0.25) is 19.0 Å². The number of fused-ring (bicyclic) bond motifs is 6. The summed E-state index contributed by atoms with van der Waals surface area (Å²) in [6, 6.07) is 10.6. The molecule has 2 atom stereocenters. The summed E-state index contributed by atoms with van der Waals surface area (Å²) < 4.78 is 9.38. The zero-order valence-electron chi connectivity index (χ0n) is 17.7. The molecule has 1 amide bonds. The van der Waals surface area contributed by atoms with Crippen LogP contribution < -0.4 is 15.9 Å². The number of benzene rings is 1. The van der Waals surface area contributed by atoms with Gasteiger partial charge in [-0.25, -0.2) is 4.98 Å². The Hall–Kier alpha value is -3.42. The second-order valence-corrected chi connectivity index (χ2v) is 9.05. The normalized spacial score (nSPS) is 21.3. The van der Waals surface area contributed by atoms with E-state index in [1.165, 1.54) is 0 Å². The van der Waals surface area contributed by atoms with Gasteiger partial charge in [0.05, 0.1) is 10.9 Å². The van der Waals surface area contributed by atoms with Gasteiger partial charge in [0.1, 0.15) is 11.6 Å². The second-order valence-electron chi connectivity index (χ2n) is 9.05. The molecule has 2 aromatic heterocycles. The summed E-state index contributed by atoms with van der Waals surface area (Å²) in [6.07, 6.45) is 2.77. The van der Waals surface area contributed by atoms with E-state index in [2.05, 4.69) is 4.98 Å². The minimum atomic E-state index is -0.0771. The van der Waals surface area contributed by atoms with Gasteiger partial charge in [0, 0.05) is 50.3 Å². The van der Waals surface area contributed by atoms with Crippen LogP contribution in [0.3, 0.4) is 0 Å². The molecule has 3 aliphatic rings. The summed E-state index contributed by atoms with van der Waals surface area (Å²) in [6.45, 7) is 2.51. The van der Waals surface area contributed by atoms with E-state index in [1.54, 1.807) is 34.9 Å². The van der Waals surface area contributed by atoms with Crippen LogP contribution in [0.15, 0.2) is 46.0 Å². The lowest BCUT2D eigenvalue weighted by Gasteiger charge is -2.42. The van der Waals surface area contributed by atoms with Crippen LogP contribution >= 0.6 is 0 Å². The maximum absolute atomic E-state index is 12.9. The van der Waals surface area contributed by atoms with Crippen LogP contribution in [-0.4, -0.2) is 44.6 Å². The van der Waals surface area contributed by atoms with Crippen molar-refractivity contribution in [3.05, 3.63) is 68.6 Å². The van der Waals surface area contributed by atoms with Crippen molar-refractivity contribution >= 4 is 16.8 Å². The fraction of sp³-hybridized carbons (Fsp3) is 0.417. The van der Waals surface area contributed by atoms with E-state index in [0.29, 0.717) is 42.8 Å². The number of aryl methyl sites for hydroxylation is 1. The molecule has 1 fully saturated rings. The van der Waals surface area contributed by atoms with Gasteiger partial charge in [-0.05, 0) is 43.0 Å². The van der Waals surface area contributed by atoms with Crippen LogP contribution in [0.1, 0.15) is 30.3 Å². The van der Waals surface area contributed by atoms with Crippen molar-refractivity contribution in [1.29, 1.82) is 0 Å². The molecule has 0 radical (unpaired) electrons. The zero-order chi connectivity index (χ0) is 21.8. The first-order valence-electron chi connectivity index (χ1n) is 11.2. The molecule has 32 heavy (non-hydrogen) atoms. The number of hydrogen-bond donors (Lipinski definition) is 0. The van der Waals surface area contributed by atoms with Crippen LogP contribution in [0, 0.1) is 5.92 Å². The van der Waals surface area contributed by atoms with E-state index in [9.17, 15) is 14.4 Å². The predicted molar refractivity (Wildman–Crippen MR) is 118 cm³/mol. The fourth-order valence-electron chi connectivity index (χ4n) is 5.49. The molecule has 164 valence electrons. The number of rotatable bonds is 3. The third kappa shape index (κ3) is 3.13. The maximum atomic E-state index is 12.9. The average Bonchev–Trinajstić information content (AvgIpc) is 3.27. The molecule has 0 saturated carbocycles. The number of hydrogen-bond acceptors (Lipinski definition) is 5. The first kappa shape index (κ1) is 19.3. The maximum Gasteiger partial charge on any atom is 0.261 e. The highest BCUT2D eigenvalue weighted by Gasteiger charge is 2.36. The number of ether oxygens (including phenoxy) is 1. The Labute approximate surface area is 184 Å². The van der Waals surface area contributed by atoms with Crippen molar-refractivity contribution in [3.63, 3.8) is 0 Å². The van der Waals surface area contributed by atoms with Crippen molar-refractivity contribution in [3.8, 4) is 5.75 Å². The number of pyridine rings is 1. The molecule has 3 aromatic rings. The minimum absolute atomic E-state index is 0.0349. The fourth-order valence-corrected chi connectivity index (χ4v) is 5.49. The van der Waals surface area contributed by atoms with E-state index < -0.39 is 0 Å². The van der Waals surface area contributed by atoms with Gasteiger partial charge < -0.3 is 14.2 Å². The second kappa shape index (κ2) is 7.32. The number of likely N-dealkylation sites (tertiary alicyclic amines) is 1. The quantitative estimate of drug-likeness (QED) is 0.627. The number of nitrogens with zero attached hydrogens (tertiary/aromatic N) is 4. The van der Waals surface area contributed by atoms with E-state index in [0.717, 1.165) is 30.8 Å². The molecule has 1 saturated heterocycles. The van der Waals surface area contributed by atoms with Gasteiger partial charge in [-0.15, -0.1) is 0 Å². The first-order chi connectivity index (χ1) is 15.6. The molecule has 1 aromatic carbocycles. The van der Waals surface area contributed by atoms with Crippen molar-refractivity contribution < 1.29 is 9.53 Å². The van der Waals surface area contributed by atoms with Crippen LogP contribution in [0.2, 0.25) is 0 Å². The number of carbonyl (C=O) groups excluding carboxylic acids is 1. The Morgan fingerprint density at radius 2 is 2.00 bits per heavy atom. The molecule has 0 unspecified atom stereocenters. The predicted octanol–water partition coefficient (Wildman–Crippen LogP) is 1.53. The third-order valence-corrected chi connectivity index (χ3v) is 6.98. The smallest absolute Gasteiger partial charge is 0.261 e. The Balaban J connectivity index is 1.18. The largest absolute Gasteiger partial charge is 0.484 e. The SMILES string of the molecule is O=C(COc1ccc2nc3n(c(=O)c2c1)CCC3)N1C[C@@H]2C[C@H](C1)c1cccc(=O)n1C2. The Kier molecular flexibility index (Phi) is 4.41. The summed E-state index contributed by atoms with van der Waals surface area (Å²) in [5.41, 5.74) is 1.67. The van der Waals surface area contributed by atoms with Crippen LogP contribution in [0.4, 0.5) is 0 Å². The van der Waals surface area contributed by atoms with E-state index >= 15 is 0 Å². The van der Waals surface area contributed by atoms with Crippen molar-refractivity contribution in [2.45, 2.75) is 38.3 Å². The van der Waals surface area contributed by atoms with Gasteiger partial charge >= 0.3 is 0 Å². The monoisotopic (exact) mass is 432 g/mol. The number of amides is 1. The third-order valence-electron chi connectivity index (χ3n) is 6.98. The Morgan fingerprint density at radius 1 is 1.09 bits per heavy atom. The lowest BCUT2D eigenvalue weighted by molar-refractivity contribution is -0.136. The molecule has 3 aliphatic heterocycles. The van der Waals surface area contributed by atoms with Crippen molar-refractivity contribution in [2.75, 3.05) is 19.7 Å². The molecule has 0 spiro atoms. The van der Waals surface area contributed by atoms with Crippen molar-refractivity contribution in [2.24, 2.45) is 5.92 Å². The lowest BCUT2D eigenvalue weighted by Crippen LogP contribution is -2.50. The molecular weight excluding hydrogens is 408 g/mol. The highest BCUT2D eigenvalue weighted by atomic mass is 16.5. The minimum Gasteiger partial charge on any atom is -0.484 e. The molecule has 2 bridgehead atoms. The highest BCUT2D eigenvalue weighted by Crippen LogP contribution is 2.35. The highest BCUT2D eigenvalue weighted by molar-refractivity contribution is 5.80. The first-order valence-corrected chi connectivity index (χ1v) is 11.2. The number of piperidine rings is 1. The Morgan fingerprint density at radius 3 is 2.91 bits per heavy atom. The summed E-state index contributed by atoms with van der Waals surface area (Å²) in [4.78, 5) is 44.3. The van der Waals surface area contributed by atoms with E-state index in [4.69, 9.17) is 4.74 Å². The summed E-state index contributed by atoms with van der Waals surface area (Å²) in [5, 5.41) is 0.523. The van der Waals surface area contributed by atoms with Gasteiger partial charge in [0.15, 0.2) is 6.61 Å². The Bertz CT molecular complexity index is 1360. The molecular formula is C24H24N4O4. The molecule has 8 heteroatoms. The van der Waals surface area contributed by atoms with Gasteiger partial charge in [0.2, 0.25) is 0 Å². The number of aromatic nitrogens is 3. The summed E-state index contributed by atoms with van der Waals surface area (Å²) >= 11 is 0. The van der Waals surface area contributed by atoms with Gasteiger partial charge in [-0.2, -0.15) is 0 Å². The van der Waals surface area contributed by atoms with E-state index in [-0.39, 0.29) is 35.5 Å². The molecule has 8 nitrogen and oxygen atoms in total. The van der Waals surface area contributed by atoms with Crippen LogP contribution in [-0.2, 0) is 24.3 Å². The molecule has 0 aliphatic carbocycles. The molecule has 6 rings (SSSR count). The number of carbonyl (C=O) groups is 1. The molecule has 5 heterocycles. The topological polar surface area (TPSA) is 86.4 Å². The standard InChI is InChI=1S/C24H24N4O4/c29-22-5-1-3-20-16-9-15(12-28(20)22)11-26(13-16)23(30)14-32-17-6-7-19-18(10-17)24(31)27-8-2-4-21(27)25-19/h1,3,5-7,10,15-16H,2,4,8-9,11-14H2/t15-,16+/m0/s1. The molecule has 0 N–H and O–H groups in total. The van der Waals surface area contributed by atoms with Crippen LogP contribution in [0.25, 0.3) is 10.9 Å².